The van der Waals surface area contributed by atoms with Gasteiger partial charge < -0.3 is 10.6 Å². The predicted molar refractivity (Wildman–Crippen MR) is 153 cm³/mol. The summed E-state index contributed by atoms with van der Waals surface area (Å²) >= 11 is 0. The van der Waals surface area contributed by atoms with Gasteiger partial charge >= 0.3 is 6.03 Å². The number of urea groups is 1. The molecule has 198 valence electrons. The number of nitrogens with one attached hydrogen (secondary N) is 3. The normalized spacial score (nSPS) is 14.0. The van der Waals surface area contributed by atoms with Gasteiger partial charge in [0.1, 0.15) is 5.82 Å². The zero-order chi connectivity index (χ0) is 26.8. The first-order valence-electron chi connectivity index (χ1n) is 13.6. The second-order valence-corrected chi connectivity index (χ2v) is 10.1. The van der Waals surface area contributed by atoms with Gasteiger partial charge in [-0.2, -0.15) is 5.21 Å². The summed E-state index contributed by atoms with van der Waals surface area (Å²) in [7, 11) is 0. The number of hydrogen-bond acceptors (Lipinski definition) is 5. The predicted octanol–water partition coefficient (Wildman–Crippen LogP) is 6.20. The third-order valence-corrected chi connectivity index (χ3v) is 7.47. The van der Waals surface area contributed by atoms with Gasteiger partial charge in [-0.1, -0.05) is 68.7 Å². The van der Waals surface area contributed by atoms with E-state index in [1.807, 2.05) is 43.3 Å². The standard InChI is InChI=1S/C30H32N8O/c1-3-26-33-28-19(2)17-22(32-30(39)31-21-13-8-5-9-14-21)18-25(28)38(26)24-16-10-15-23(20-11-6-4-7-12-20)27(24)29-34-36-37-35-29/h4,6-7,10-12,15-18,21H,3,5,8-9,13-14H2,1-2H3,(H2,31,32,39)(H,34,35,36,37). The third kappa shape index (κ3) is 4.87. The van der Waals surface area contributed by atoms with E-state index in [0.29, 0.717) is 5.82 Å². The molecule has 2 amide bonds. The molecule has 9 heteroatoms. The molecule has 0 aliphatic heterocycles. The molecule has 0 saturated heterocycles. The van der Waals surface area contributed by atoms with E-state index >= 15 is 0 Å². The molecule has 0 bridgehead atoms. The Kier molecular flexibility index (Phi) is 6.79. The summed E-state index contributed by atoms with van der Waals surface area (Å²) < 4.78 is 2.16. The van der Waals surface area contributed by atoms with Gasteiger partial charge in [0, 0.05) is 18.2 Å². The minimum Gasteiger partial charge on any atom is -0.335 e. The summed E-state index contributed by atoms with van der Waals surface area (Å²) in [6, 6.07) is 20.4. The molecule has 2 aromatic heterocycles. The number of hydrogen-bond donors (Lipinski definition) is 3. The average molecular weight is 521 g/mol. The number of aromatic amines is 1. The van der Waals surface area contributed by atoms with Gasteiger partial charge in [-0.3, -0.25) is 4.57 Å². The number of rotatable bonds is 6. The number of amides is 2. The molecule has 5 aromatic rings. The molecule has 6 rings (SSSR count). The van der Waals surface area contributed by atoms with E-state index < -0.39 is 0 Å². The Morgan fingerprint density at radius 2 is 1.87 bits per heavy atom. The lowest BCUT2D eigenvalue weighted by atomic mass is 9.96. The van der Waals surface area contributed by atoms with Crippen LogP contribution in [-0.2, 0) is 6.42 Å². The van der Waals surface area contributed by atoms with Crippen LogP contribution in [-0.4, -0.2) is 42.2 Å². The number of carbonyl (C=O) groups excluding carboxylic acids is 1. The Morgan fingerprint density at radius 3 is 2.62 bits per heavy atom. The first-order valence-corrected chi connectivity index (χ1v) is 13.6. The summed E-state index contributed by atoms with van der Waals surface area (Å²) in [6.45, 7) is 4.13. The summed E-state index contributed by atoms with van der Waals surface area (Å²) in [4.78, 5) is 17.9. The van der Waals surface area contributed by atoms with Crippen LogP contribution in [0.1, 0.15) is 50.4 Å². The molecule has 0 unspecified atom stereocenters. The Balaban J connectivity index is 1.48. The number of aromatic nitrogens is 6. The molecule has 0 atom stereocenters. The molecule has 9 nitrogen and oxygen atoms in total. The number of carbonyl (C=O) groups is 1. The Morgan fingerprint density at radius 1 is 1.05 bits per heavy atom. The van der Waals surface area contributed by atoms with E-state index in [-0.39, 0.29) is 12.1 Å². The summed E-state index contributed by atoms with van der Waals surface area (Å²) in [5, 5.41) is 21.4. The Bertz CT molecular complexity index is 1600. The highest BCUT2D eigenvalue weighted by molar-refractivity contribution is 5.95. The number of aryl methyl sites for hydroxylation is 2. The SMILES string of the molecule is CCc1nc2c(C)cc(NC(=O)NC3CCCCC3)cc2n1-c1cccc(-c2ccccc2)c1-c1nn[nH]n1. The number of fused-ring (bicyclic) bond motifs is 1. The Hall–Kier alpha value is -4.53. The lowest BCUT2D eigenvalue weighted by molar-refractivity contribution is 0.244. The number of H-pyrrole nitrogens is 1. The fraction of sp³-hybridized carbons (Fsp3) is 0.300. The van der Waals surface area contributed by atoms with Crippen molar-refractivity contribution in [2.45, 2.75) is 58.4 Å². The maximum Gasteiger partial charge on any atom is 0.319 e. The van der Waals surface area contributed by atoms with Crippen LogP contribution >= 0.6 is 0 Å². The molecule has 1 aliphatic rings. The van der Waals surface area contributed by atoms with Crippen molar-refractivity contribution in [1.82, 2.24) is 35.5 Å². The first kappa shape index (κ1) is 24.8. The van der Waals surface area contributed by atoms with E-state index in [2.05, 4.69) is 67.0 Å². The van der Waals surface area contributed by atoms with Gasteiger partial charge in [0.05, 0.1) is 22.3 Å². The smallest absolute Gasteiger partial charge is 0.319 e. The molecule has 39 heavy (non-hydrogen) atoms. The topological polar surface area (TPSA) is 113 Å². The molecule has 3 aromatic carbocycles. The summed E-state index contributed by atoms with van der Waals surface area (Å²) in [5.41, 5.74) is 7.35. The Labute approximate surface area is 227 Å². The van der Waals surface area contributed by atoms with Crippen molar-refractivity contribution in [2.75, 3.05) is 5.32 Å². The molecule has 2 heterocycles. The fourth-order valence-corrected chi connectivity index (χ4v) is 5.66. The maximum absolute atomic E-state index is 12.9. The molecular weight excluding hydrogens is 488 g/mol. The zero-order valence-electron chi connectivity index (χ0n) is 22.2. The lowest BCUT2D eigenvalue weighted by Crippen LogP contribution is -2.39. The van der Waals surface area contributed by atoms with Crippen molar-refractivity contribution in [3.05, 3.63) is 72.1 Å². The van der Waals surface area contributed by atoms with Crippen LogP contribution in [0.25, 0.3) is 39.2 Å². The van der Waals surface area contributed by atoms with Crippen molar-refractivity contribution >= 4 is 22.8 Å². The van der Waals surface area contributed by atoms with Gasteiger partial charge in [0.2, 0.25) is 5.82 Å². The van der Waals surface area contributed by atoms with Crippen LogP contribution in [0, 0.1) is 6.92 Å². The van der Waals surface area contributed by atoms with E-state index in [9.17, 15) is 4.79 Å². The van der Waals surface area contributed by atoms with Crippen LogP contribution in [0.3, 0.4) is 0 Å². The molecule has 1 saturated carbocycles. The second kappa shape index (κ2) is 10.7. The molecule has 0 spiro atoms. The van der Waals surface area contributed by atoms with Crippen molar-refractivity contribution in [3.8, 4) is 28.2 Å². The number of benzene rings is 3. The van der Waals surface area contributed by atoms with Crippen LogP contribution in [0.2, 0.25) is 0 Å². The van der Waals surface area contributed by atoms with Gasteiger partial charge in [-0.15, -0.1) is 10.2 Å². The number of imidazole rings is 1. The molecule has 1 aliphatic carbocycles. The van der Waals surface area contributed by atoms with Crippen molar-refractivity contribution in [2.24, 2.45) is 0 Å². The highest BCUT2D eigenvalue weighted by Crippen LogP contribution is 2.38. The van der Waals surface area contributed by atoms with Gasteiger partial charge in [0.15, 0.2) is 0 Å². The molecular formula is C30H32N8O. The van der Waals surface area contributed by atoms with E-state index in [0.717, 1.165) is 69.7 Å². The quantitative estimate of drug-likeness (QED) is 0.247. The van der Waals surface area contributed by atoms with Crippen molar-refractivity contribution in [3.63, 3.8) is 0 Å². The summed E-state index contributed by atoms with van der Waals surface area (Å²) in [6.07, 6.45) is 6.37. The third-order valence-electron chi connectivity index (χ3n) is 7.47. The zero-order valence-corrected chi connectivity index (χ0v) is 22.2. The van der Waals surface area contributed by atoms with Crippen LogP contribution < -0.4 is 10.6 Å². The molecule has 1 fully saturated rings. The van der Waals surface area contributed by atoms with Gasteiger partial charge in [-0.25, -0.2) is 9.78 Å². The molecule has 3 N–H and O–H groups in total. The van der Waals surface area contributed by atoms with Gasteiger partial charge in [-0.05, 0) is 59.9 Å². The largest absolute Gasteiger partial charge is 0.335 e. The van der Waals surface area contributed by atoms with Crippen molar-refractivity contribution < 1.29 is 4.79 Å². The first-order chi connectivity index (χ1) is 19.1. The van der Waals surface area contributed by atoms with E-state index in [1.165, 1.54) is 19.3 Å². The van der Waals surface area contributed by atoms with Crippen LogP contribution in [0.5, 0.6) is 0 Å². The second-order valence-electron chi connectivity index (χ2n) is 10.1. The van der Waals surface area contributed by atoms with Crippen LogP contribution in [0.4, 0.5) is 10.5 Å². The highest BCUT2D eigenvalue weighted by atomic mass is 16.2. The number of tetrazole rings is 1. The monoisotopic (exact) mass is 520 g/mol. The van der Waals surface area contributed by atoms with Crippen LogP contribution in [0.15, 0.2) is 60.7 Å². The molecule has 0 radical (unpaired) electrons. The highest BCUT2D eigenvalue weighted by Gasteiger charge is 2.22. The average Bonchev–Trinajstić information content (AvgIpc) is 3.62. The summed E-state index contributed by atoms with van der Waals surface area (Å²) in [5.74, 6) is 1.41. The maximum atomic E-state index is 12.9. The van der Waals surface area contributed by atoms with E-state index in [4.69, 9.17) is 4.98 Å². The van der Waals surface area contributed by atoms with Crippen molar-refractivity contribution in [1.29, 1.82) is 0 Å². The number of nitrogens with zero attached hydrogens (tertiary/aromatic N) is 5. The lowest BCUT2D eigenvalue weighted by Gasteiger charge is -2.23. The minimum atomic E-state index is -0.166. The fourth-order valence-electron chi connectivity index (χ4n) is 5.66. The minimum absolute atomic E-state index is 0.166. The van der Waals surface area contributed by atoms with Gasteiger partial charge in [0.25, 0.3) is 0 Å². The van der Waals surface area contributed by atoms with E-state index in [1.54, 1.807) is 0 Å². The number of anilines is 1.